The SMILES string of the molecule is CC(CC#N)N(C)c1ncc(I)cn1. The fourth-order valence-electron chi connectivity index (χ4n) is 0.954. The first-order valence-electron chi connectivity index (χ1n) is 4.22. The molecule has 0 amide bonds. The zero-order valence-electron chi connectivity index (χ0n) is 8.11. The average molecular weight is 302 g/mol. The fourth-order valence-corrected chi connectivity index (χ4v) is 1.23. The standard InChI is InChI=1S/C9H11IN4/c1-7(3-4-11)14(2)9-12-5-8(10)6-13-9/h5-7H,3H2,1-2H3. The first-order valence-corrected chi connectivity index (χ1v) is 5.30. The molecule has 0 aliphatic heterocycles. The predicted octanol–water partition coefficient (Wildman–Crippen LogP) is 1.82. The van der Waals surface area contributed by atoms with Gasteiger partial charge >= 0.3 is 0 Å². The molecule has 74 valence electrons. The minimum absolute atomic E-state index is 0.139. The number of aromatic nitrogens is 2. The van der Waals surface area contributed by atoms with E-state index < -0.39 is 0 Å². The average Bonchev–Trinajstić information content (AvgIpc) is 2.18. The van der Waals surface area contributed by atoms with Crippen molar-refractivity contribution in [2.75, 3.05) is 11.9 Å². The smallest absolute Gasteiger partial charge is 0.225 e. The third-order valence-corrected chi connectivity index (χ3v) is 2.53. The summed E-state index contributed by atoms with van der Waals surface area (Å²) in [5.74, 6) is 0.660. The Bertz CT molecular complexity index is 330. The highest BCUT2D eigenvalue weighted by atomic mass is 127. The number of hydrogen-bond acceptors (Lipinski definition) is 4. The minimum Gasteiger partial charge on any atom is -0.340 e. The molecule has 0 N–H and O–H groups in total. The molecule has 0 aliphatic rings. The van der Waals surface area contributed by atoms with Crippen molar-refractivity contribution in [3.05, 3.63) is 16.0 Å². The normalized spacial score (nSPS) is 11.9. The Morgan fingerprint density at radius 3 is 2.64 bits per heavy atom. The zero-order valence-corrected chi connectivity index (χ0v) is 10.3. The van der Waals surface area contributed by atoms with Gasteiger partial charge in [-0.15, -0.1) is 0 Å². The molecule has 0 aromatic carbocycles. The van der Waals surface area contributed by atoms with Crippen LogP contribution in [0, 0.1) is 14.9 Å². The maximum atomic E-state index is 8.56. The van der Waals surface area contributed by atoms with Gasteiger partial charge in [0.2, 0.25) is 5.95 Å². The van der Waals surface area contributed by atoms with Crippen LogP contribution in [-0.4, -0.2) is 23.1 Å². The zero-order chi connectivity index (χ0) is 10.6. The second-order valence-electron chi connectivity index (χ2n) is 3.02. The second-order valence-corrected chi connectivity index (χ2v) is 4.27. The van der Waals surface area contributed by atoms with Crippen molar-refractivity contribution in [2.24, 2.45) is 0 Å². The molecular formula is C9H11IN4. The fraction of sp³-hybridized carbons (Fsp3) is 0.444. The van der Waals surface area contributed by atoms with Crippen molar-refractivity contribution in [3.8, 4) is 6.07 Å². The monoisotopic (exact) mass is 302 g/mol. The molecule has 4 nitrogen and oxygen atoms in total. The van der Waals surface area contributed by atoms with E-state index >= 15 is 0 Å². The van der Waals surface area contributed by atoms with E-state index in [0.717, 1.165) is 3.57 Å². The predicted molar refractivity (Wildman–Crippen MR) is 62.8 cm³/mol. The molecule has 5 heteroatoms. The molecule has 0 bridgehead atoms. The Balaban J connectivity index is 2.74. The van der Waals surface area contributed by atoms with Gasteiger partial charge in [-0.1, -0.05) is 0 Å². The highest BCUT2D eigenvalue weighted by Crippen LogP contribution is 2.11. The van der Waals surface area contributed by atoms with Crippen molar-refractivity contribution in [2.45, 2.75) is 19.4 Å². The lowest BCUT2D eigenvalue weighted by Gasteiger charge is -2.22. The largest absolute Gasteiger partial charge is 0.340 e. The maximum absolute atomic E-state index is 8.56. The van der Waals surface area contributed by atoms with Gasteiger partial charge in [0.25, 0.3) is 0 Å². The van der Waals surface area contributed by atoms with E-state index in [9.17, 15) is 0 Å². The van der Waals surface area contributed by atoms with Crippen molar-refractivity contribution in [1.29, 1.82) is 5.26 Å². The molecule has 0 saturated carbocycles. The first kappa shape index (κ1) is 11.2. The van der Waals surface area contributed by atoms with Gasteiger partial charge in [0, 0.05) is 29.1 Å². The van der Waals surface area contributed by atoms with Crippen molar-refractivity contribution >= 4 is 28.5 Å². The summed E-state index contributed by atoms with van der Waals surface area (Å²) in [6, 6.07) is 2.27. The maximum Gasteiger partial charge on any atom is 0.225 e. The van der Waals surface area contributed by atoms with E-state index in [1.165, 1.54) is 0 Å². The van der Waals surface area contributed by atoms with Crippen molar-refractivity contribution in [3.63, 3.8) is 0 Å². The molecule has 0 radical (unpaired) electrons. The molecule has 0 fully saturated rings. The van der Waals surface area contributed by atoms with Gasteiger partial charge < -0.3 is 4.90 Å². The van der Waals surface area contributed by atoms with E-state index in [0.29, 0.717) is 12.4 Å². The number of rotatable bonds is 3. The Morgan fingerprint density at radius 1 is 1.57 bits per heavy atom. The van der Waals surface area contributed by atoms with Gasteiger partial charge in [-0.05, 0) is 29.5 Å². The van der Waals surface area contributed by atoms with Crippen LogP contribution in [-0.2, 0) is 0 Å². The third kappa shape index (κ3) is 2.80. The first-order chi connectivity index (χ1) is 6.65. The van der Waals surface area contributed by atoms with Crippen LogP contribution in [0.25, 0.3) is 0 Å². The lowest BCUT2D eigenvalue weighted by Crippen LogP contribution is -2.29. The lowest BCUT2D eigenvalue weighted by atomic mass is 10.2. The van der Waals surface area contributed by atoms with Crippen LogP contribution in [0.5, 0.6) is 0 Å². The molecule has 0 spiro atoms. The number of hydrogen-bond donors (Lipinski definition) is 0. The molecule has 1 aromatic heterocycles. The molecule has 1 rings (SSSR count). The summed E-state index contributed by atoms with van der Waals surface area (Å²) in [7, 11) is 1.89. The van der Waals surface area contributed by atoms with Crippen LogP contribution in [0.4, 0.5) is 5.95 Å². The molecule has 14 heavy (non-hydrogen) atoms. The molecule has 0 aliphatic carbocycles. The van der Waals surface area contributed by atoms with Crippen LogP contribution in [0.15, 0.2) is 12.4 Å². The Labute approximate surface area is 97.1 Å². The minimum atomic E-state index is 0.139. The van der Waals surface area contributed by atoms with Crippen LogP contribution in [0.2, 0.25) is 0 Å². The van der Waals surface area contributed by atoms with Crippen molar-refractivity contribution in [1.82, 2.24) is 9.97 Å². The van der Waals surface area contributed by atoms with Gasteiger partial charge in [0.15, 0.2) is 0 Å². The number of nitrogens with zero attached hydrogens (tertiary/aromatic N) is 4. The summed E-state index contributed by atoms with van der Waals surface area (Å²) in [6.45, 7) is 1.98. The molecule has 1 atom stereocenters. The third-order valence-electron chi connectivity index (χ3n) is 1.97. The van der Waals surface area contributed by atoms with Crippen LogP contribution >= 0.6 is 22.6 Å². The summed E-state index contributed by atoms with van der Waals surface area (Å²) in [4.78, 5) is 10.3. The van der Waals surface area contributed by atoms with E-state index in [1.807, 2.05) is 18.9 Å². The molecule has 1 unspecified atom stereocenters. The highest BCUT2D eigenvalue weighted by molar-refractivity contribution is 14.1. The summed E-state index contributed by atoms with van der Waals surface area (Å²) < 4.78 is 1.01. The molecular weight excluding hydrogens is 291 g/mol. The molecule has 0 saturated heterocycles. The topological polar surface area (TPSA) is 52.8 Å². The van der Waals surface area contributed by atoms with E-state index in [-0.39, 0.29) is 6.04 Å². The van der Waals surface area contributed by atoms with Gasteiger partial charge in [-0.2, -0.15) is 5.26 Å². The second kappa shape index (κ2) is 5.10. The number of nitriles is 1. The van der Waals surface area contributed by atoms with Crippen molar-refractivity contribution < 1.29 is 0 Å². The Kier molecular flexibility index (Phi) is 4.07. The summed E-state index contributed by atoms with van der Waals surface area (Å²) in [5.41, 5.74) is 0. The van der Waals surface area contributed by atoms with E-state index in [2.05, 4.69) is 38.6 Å². The van der Waals surface area contributed by atoms with Gasteiger partial charge in [-0.3, -0.25) is 0 Å². The molecule has 1 heterocycles. The summed E-state index contributed by atoms with van der Waals surface area (Å²) in [5, 5.41) is 8.56. The van der Waals surface area contributed by atoms with Crippen LogP contribution in [0.3, 0.4) is 0 Å². The highest BCUT2D eigenvalue weighted by Gasteiger charge is 2.11. The van der Waals surface area contributed by atoms with Gasteiger partial charge in [0.1, 0.15) is 0 Å². The number of halogens is 1. The summed E-state index contributed by atoms with van der Waals surface area (Å²) in [6.07, 6.45) is 4.00. The van der Waals surface area contributed by atoms with E-state index in [1.54, 1.807) is 12.4 Å². The Hall–Kier alpha value is -0.900. The number of anilines is 1. The Morgan fingerprint density at radius 2 is 2.14 bits per heavy atom. The quantitative estimate of drug-likeness (QED) is 0.799. The lowest BCUT2D eigenvalue weighted by molar-refractivity contribution is 0.683. The van der Waals surface area contributed by atoms with Crippen LogP contribution < -0.4 is 4.90 Å². The van der Waals surface area contributed by atoms with Gasteiger partial charge in [-0.25, -0.2) is 9.97 Å². The van der Waals surface area contributed by atoms with E-state index in [4.69, 9.17) is 5.26 Å². The molecule has 1 aromatic rings. The van der Waals surface area contributed by atoms with Crippen LogP contribution in [0.1, 0.15) is 13.3 Å². The summed E-state index contributed by atoms with van der Waals surface area (Å²) >= 11 is 2.16. The van der Waals surface area contributed by atoms with Gasteiger partial charge in [0.05, 0.1) is 12.5 Å².